The van der Waals surface area contributed by atoms with Crippen molar-refractivity contribution < 1.29 is 13.5 Å². The van der Waals surface area contributed by atoms with Crippen molar-refractivity contribution in [3.63, 3.8) is 0 Å². The summed E-state index contributed by atoms with van der Waals surface area (Å²) >= 11 is 5.67. The highest BCUT2D eigenvalue weighted by atomic mass is 35.5. The first-order chi connectivity index (χ1) is 8.01. The molecule has 2 atom stereocenters. The molecule has 6 heteroatoms. The van der Waals surface area contributed by atoms with Gasteiger partial charge in [0.05, 0.1) is 5.75 Å². The topological polar surface area (TPSA) is 57.6 Å². The van der Waals surface area contributed by atoms with E-state index in [1.807, 2.05) is 6.92 Å². The minimum absolute atomic E-state index is 0.0132. The van der Waals surface area contributed by atoms with Crippen LogP contribution in [0.15, 0.2) is 0 Å². The molecule has 0 aromatic carbocycles. The van der Waals surface area contributed by atoms with Gasteiger partial charge in [0.25, 0.3) is 0 Å². The number of hydrogen-bond donors (Lipinski definition) is 1. The molecular weight excluding hydrogens is 262 g/mol. The molecule has 0 saturated carbocycles. The lowest BCUT2D eigenvalue weighted by atomic mass is 10.1. The van der Waals surface area contributed by atoms with Crippen LogP contribution in [0.1, 0.15) is 32.6 Å². The zero-order valence-electron chi connectivity index (χ0n) is 10.3. The molecule has 0 aromatic rings. The normalized spacial score (nSPS) is 24.1. The largest absolute Gasteiger partial charge is 0.396 e. The van der Waals surface area contributed by atoms with E-state index in [0.29, 0.717) is 18.8 Å². The van der Waals surface area contributed by atoms with E-state index in [9.17, 15) is 8.42 Å². The zero-order chi connectivity index (χ0) is 12.9. The Bertz CT molecular complexity index is 321. The van der Waals surface area contributed by atoms with Crippen LogP contribution >= 0.6 is 11.6 Å². The molecule has 1 rings (SSSR count). The van der Waals surface area contributed by atoms with E-state index in [0.717, 1.165) is 19.3 Å². The molecule has 0 radical (unpaired) electrons. The third-order valence-corrected chi connectivity index (χ3v) is 5.85. The molecule has 0 aromatic heterocycles. The predicted molar refractivity (Wildman–Crippen MR) is 69.7 cm³/mol. The van der Waals surface area contributed by atoms with Gasteiger partial charge < -0.3 is 5.11 Å². The number of sulfonamides is 1. The Kier molecular flexibility index (Phi) is 6.20. The summed E-state index contributed by atoms with van der Waals surface area (Å²) in [4.78, 5) is 0. The number of aliphatic hydroxyl groups excluding tert-OH is 1. The number of nitrogens with zero attached hydrogens (tertiary/aromatic N) is 1. The minimum Gasteiger partial charge on any atom is -0.396 e. The Balaban J connectivity index is 2.62. The third-order valence-electron chi connectivity index (χ3n) is 3.13. The second kappa shape index (κ2) is 6.92. The van der Waals surface area contributed by atoms with Gasteiger partial charge in [-0.2, -0.15) is 4.31 Å². The molecular formula is C11H22ClNO3S. The second-order valence-corrected chi connectivity index (χ2v) is 7.09. The average Bonchev–Trinajstić information content (AvgIpc) is 2.74. The van der Waals surface area contributed by atoms with E-state index in [4.69, 9.17) is 16.7 Å². The molecule has 0 amide bonds. The van der Waals surface area contributed by atoms with Crippen LogP contribution in [0.4, 0.5) is 0 Å². The van der Waals surface area contributed by atoms with Crippen molar-refractivity contribution in [1.29, 1.82) is 0 Å². The van der Waals surface area contributed by atoms with E-state index in [2.05, 4.69) is 0 Å². The Hall–Kier alpha value is 0.160. The van der Waals surface area contributed by atoms with Crippen LogP contribution in [0.3, 0.4) is 0 Å². The molecule has 0 aliphatic carbocycles. The molecule has 1 fully saturated rings. The smallest absolute Gasteiger partial charge is 0.214 e. The summed E-state index contributed by atoms with van der Waals surface area (Å²) in [6.07, 6.45) is 3.26. The van der Waals surface area contributed by atoms with Crippen molar-refractivity contribution in [2.45, 2.75) is 38.6 Å². The second-order valence-electron chi connectivity index (χ2n) is 4.81. The molecule has 2 unspecified atom stereocenters. The lowest BCUT2D eigenvalue weighted by Gasteiger charge is -2.25. The molecule has 0 spiro atoms. The highest BCUT2D eigenvalue weighted by Crippen LogP contribution is 2.25. The van der Waals surface area contributed by atoms with E-state index < -0.39 is 10.0 Å². The number of hydrogen-bond acceptors (Lipinski definition) is 3. The monoisotopic (exact) mass is 283 g/mol. The van der Waals surface area contributed by atoms with E-state index in [-0.39, 0.29) is 24.3 Å². The summed E-state index contributed by atoms with van der Waals surface area (Å²) in [7, 11) is -3.18. The summed E-state index contributed by atoms with van der Waals surface area (Å²) < 4.78 is 26.0. The highest BCUT2D eigenvalue weighted by molar-refractivity contribution is 7.89. The lowest BCUT2D eigenvalue weighted by Crippen LogP contribution is -2.38. The Morgan fingerprint density at radius 3 is 2.82 bits per heavy atom. The summed E-state index contributed by atoms with van der Waals surface area (Å²) in [5.41, 5.74) is 0. The molecule has 0 bridgehead atoms. The van der Waals surface area contributed by atoms with Crippen LogP contribution in [0.5, 0.6) is 0 Å². The van der Waals surface area contributed by atoms with Crippen molar-refractivity contribution in [1.82, 2.24) is 4.31 Å². The predicted octanol–water partition coefficient (Wildman–Crippen LogP) is 1.43. The summed E-state index contributed by atoms with van der Waals surface area (Å²) in [5, 5.41) is 8.81. The van der Waals surface area contributed by atoms with E-state index in [1.54, 1.807) is 4.31 Å². The van der Waals surface area contributed by atoms with Crippen LogP contribution in [0.25, 0.3) is 0 Å². The van der Waals surface area contributed by atoms with E-state index >= 15 is 0 Å². The maximum absolute atomic E-state index is 12.2. The number of aliphatic hydroxyl groups is 1. The van der Waals surface area contributed by atoms with Crippen LogP contribution in [0.2, 0.25) is 0 Å². The molecule has 1 saturated heterocycles. The molecule has 1 N–H and O–H groups in total. The number of halogens is 1. The molecule has 17 heavy (non-hydrogen) atoms. The van der Waals surface area contributed by atoms with Crippen molar-refractivity contribution in [2.24, 2.45) is 5.92 Å². The van der Waals surface area contributed by atoms with Crippen LogP contribution in [-0.2, 0) is 10.0 Å². The zero-order valence-corrected chi connectivity index (χ0v) is 11.9. The fourth-order valence-corrected chi connectivity index (χ4v) is 4.63. The number of alkyl halides is 1. The van der Waals surface area contributed by atoms with Gasteiger partial charge in [-0.1, -0.05) is 6.92 Å². The van der Waals surface area contributed by atoms with Gasteiger partial charge in [0.1, 0.15) is 0 Å². The lowest BCUT2D eigenvalue weighted by molar-refractivity contribution is 0.264. The standard InChI is InChI=1S/C11H22ClNO3S/c1-10(8-12)9-17(15,16)13-6-2-4-11(13)5-3-7-14/h10-11,14H,2-9H2,1H3. The van der Waals surface area contributed by atoms with Crippen molar-refractivity contribution in [3.05, 3.63) is 0 Å². The van der Waals surface area contributed by atoms with Gasteiger partial charge in [-0.3, -0.25) is 0 Å². The van der Waals surface area contributed by atoms with Crippen molar-refractivity contribution in [2.75, 3.05) is 24.8 Å². The van der Waals surface area contributed by atoms with Crippen LogP contribution in [0, 0.1) is 5.92 Å². The van der Waals surface area contributed by atoms with Gasteiger partial charge in [0.15, 0.2) is 0 Å². The Morgan fingerprint density at radius 2 is 2.24 bits per heavy atom. The third kappa shape index (κ3) is 4.39. The fourth-order valence-electron chi connectivity index (χ4n) is 2.29. The summed E-state index contributed by atoms with van der Waals surface area (Å²) in [6, 6.07) is 0.0784. The van der Waals surface area contributed by atoms with Crippen LogP contribution in [-0.4, -0.2) is 48.7 Å². The maximum Gasteiger partial charge on any atom is 0.214 e. The first-order valence-electron chi connectivity index (χ1n) is 6.17. The van der Waals surface area contributed by atoms with Crippen LogP contribution < -0.4 is 0 Å². The molecule has 1 aliphatic rings. The first kappa shape index (κ1) is 15.2. The quantitative estimate of drug-likeness (QED) is 0.719. The average molecular weight is 284 g/mol. The van der Waals surface area contributed by atoms with Gasteiger partial charge in [0, 0.05) is 25.1 Å². The first-order valence-corrected chi connectivity index (χ1v) is 8.32. The van der Waals surface area contributed by atoms with Gasteiger partial charge in [-0.25, -0.2) is 8.42 Å². The van der Waals surface area contributed by atoms with Crippen molar-refractivity contribution in [3.8, 4) is 0 Å². The van der Waals surface area contributed by atoms with E-state index in [1.165, 1.54) is 0 Å². The molecule has 102 valence electrons. The summed E-state index contributed by atoms with van der Waals surface area (Å²) in [5.74, 6) is 0.487. The minimum atomic E-state index is -3.18. The Labute approximate surface area is 109 Å². The molecule has 1 aliphatic heterocycles. The highest BCUT2D eigenvalue weighted by Gasteiger charge is 2.34. The molecule has 1 heterocycles. The van der Waals surface area contributed by atoms with Gasteiger partial charge in [0.2, 0.25) is 10.0 Å². The Morgan fingerprint density at radius 1 is 1.53 bits per heavy atom. The number of rotatable bonds is 7. The maximum atomic E-state index is 12.2. The van der Waals surface area contributed by atoms with Gasteiger partial charge >= 0.3 is 0 Å². The van der Waals surface area contributed by atoms with Gasteiger partial charge in [-0.15, -0.1) is 11.6 Å². The van der Waals surface area contributed by atoms with Crippen molar-refractivity contribution >= 4 is 21.6 Å². The SMILES string of the molecule is CC(CCl)CS(=O)(=O)N1CCCC1CCCO. The summed E-state index contributed by atoms with van der Waals surface area (Å²) in [6.45, 7) is 2.60. The van der Waals surface area contributed by atoms with Gasteiger partial charge in [-0.05, 0) is 31.6 Å². The fraction of sp³-hybridized carbons (Fsp3) is 1.00. The molecule has 4 nitrogen and oxygen atoms in total.